The van der Waals surface area contributed by atoms with Gasteiger partial charge in [-0.25, -0.2) is 0 Å². The first-order chi connectivity index (χ1) is 39.2. The zero-order chi connectivity index (χ0) is 55.8. The van der Waals surface area contributed by atoms with Gasteiger partial charge in [0.2, 0.25) is 0 Å². The molecule has 4 nitrogen and oxygen atoms in total. The monoisotopic (exact) mass is 1160 g/mol. The molecule has 0 spiro atoms. The number of hydrogen-bond donors (Lipinski definition) is 1. The van der Waals surface area contributed by atoms with Gasteiger partial charge in [0.1, 0.15) is 0 Å². The third kappa shape index (κ3) is 13.5. The van der Waals surface area contributed by atoms with Crippen LogP contribution >= 0.6 is 9.53 Å². The molecule has 0 aromatic heterocycles. The number of carbonyl (C=O) groups is 1. The Balaban J connectivity index is 0.000000800. The van der Waals surface area contributed by atoms with Crippen molar-refractivity contribution >= 4 is 26.7 Å². The summed E-state index contributed by atoms with van der Waals surface area (Å²) in [6, 6.07) is 98.9. The Bertz CT molecular complexity index is 2970. The van der Waals surface area contributed by atoms with E-state index in [9.17, 15) is 4.79 Å². The molecule has 0 radical (unpaired) electrons. The van der Waals surface area contributed by atoms with Crippen LogP contribution in [0.3, 0.4) is 0 Å². The average molecular weight is 1160 g/mol. The average Bonchev–Trinajstić information content (AvgIpc) is 4.09. The van der Waals surface area contributed by atoms with Gasteiger partial charge in [-0.3, -0.25) is 4.79 Å². The van der Waals surface area contributed by atoms with Crippen molar-refractivity contribution in [1.82, 2.24) is 0 Å². The van der Waals surface area contributed by atoms with Gasteiger partial charge in [0.25, 0.3) is 0 Å². The van der Waals surface area contributed by atoms with Crippen LogP contribution in [0.15, 0.2) is 279 Å². The number of carbonyl (C=O) groups excluding carboxylic acids is 1. The van der Waals surface area contributed by atoms with Crippen molar-refractivity contribution in [2.45, 2.75) is 51.4 Å². The van der Waals surface area contributed by atoms with E-state index in [1.807, 2.05) is 0 Å². The molecule has 1 fully saturated rings. The van der Waals surface area contributed by atoms with Crippen LogP contribution in [0.5, 0.6) is 0 Å². The molecule has 0 atom stereocenters. The van der Waals surface area contributed by atoms with Gasteiger partial charge in [-0.1, -0.05) is 278 Å². The number of aliphatic hydroxyl groups is 1. The second-order valence-corrected chi connectivity index (χ2v) is 20.5. The number of anilines is 2. The minimum atomic E-state index is -0.125. The van der Waals surface area contributed by atoms with Gasteiger partial charge in [0, 0.05) is 54.2 Å². The first kappa shape index (κ1) is 56.7. The van der Waals surface area contributed by atoms with Crippen LogP contribution in [0, 0.1) is 20.5 Å². The molecule has 11 rings (SSSR count). The van der Waals surface area contributed by atoms with Crippen LogP contribution in [-0.2, 0) is 23.0 Å². The molecular weight excluding hydrogens is 1090 g/mol. The third-order valence-electron chi connectivity index (χ3n) is 14.8. The number of aryl methyl sites for hydroxylation is 2. The number of aliphatic hydroxyl groups excluding tert-OH is 1. The Morgan fingerprint density at radius 2 is 0.588 bits per heavy atom. The molecule has 6 heteroatoms. The molecule has 1 heterocycles. The van der Waals surface area contributed by atoms with E-state index >= 15 is 0 Å². The molecule has 0 aliphatic carbocycles. The van der Waals surface area contributed by atoms with Crippen molar-refractivity contribution in [2.24, 2.45) is 0 Å². The third-order valence-corrected chi connectivity index (χ3v) is 14.8. The van der Waals surface area contributed by atoms with Gasteiger partial charge in [-0.15, -0.1) is 0 Å². The number of benzene rings is 10. The van der Waals surface area contributed by atoms with E-state index in [1.165, 1.54) is 109 Å². The quantitative estimate of drug-likeness (QED) is 0.0365. The SMILES string of the molecule is CC(=O)C=C(C)O.Cc1cc(C(c2ccccc2)c2ccccc2)c(N2[CH-]N(c3c(C(c4ccccc4)c4ccccc4)cc(C)cc3C(c3ccccc3)c3ccccc3)CC2)c(C(c2ccccc2)c2ccccc2)c1.[Cl][Pd+]. The van der Waals surface area contributed by atoms with Crippen molar-refractivity contribution in [1.29, 1.82) is 0 Å². The van der Waals surface area contributed by atoms with Gasteiger partial charge in [-0.2, -0.15) is 6.67 Å². The summed E-state index contributed by atoms with van der Waals surface area (Å²) in [4.78, 5) is 15.2. The summed E-state index contributed by atoms with van der Waals surface area (Å²) in [5.41, 5.74) is 20.4. The molecule has 10 aromatic rings. The molecule has 0 amide bonds. The van der Waals surface area contributed by atoms with E-state index in [-0.39, 0.29) is 35.2 Å². The van der Waals surface area contributed by atoms with Gasteiger partial charge in [0.05, 0.1) is 5.76 Å². The van der Waals surface area contributed by atoms with E-state index in [4.69, 9.17) is 5.11 Å². The van der Waals surface area contributed by atoms with Crippen molar-refractivity contribution in [3.05, 3.63) is 363 Å². The summed E-state index contributed by atoms with van der Waals surface area (Å²) in [6.07, 6.45) is 1.17. The van der Waals surface area contributed by atoms with E-state index in [2.05, 4.69) is 325 Å². The predicted molar refractivity (Wildman–Crippen MR) is 330 cm³/mol. The normalized spacial score (nSPS) is 12.3. The second-order valence-electron chi connectivity index (χ2n) is 20.5. The van der Waals surface area contributed by atoms with Crippen molar-refractivity contribution in [3.8, 4) is 0 Å². The van der Waals surface area contributed by atoms with Gasteiger partial charge in [0.15, 0.2) is 5.78 Å². The van der Waals surface area contributed by atoms with E-state index in [0.717, 1.165) is 13.1 Å². The molecule has 402 valence electrons. The van der Waals surface area contributed by atoms with E-state index in [1.54, 1.807) is 0 Å². The van der Waals surface area contributed by atoms with Crippen LogP contribution in [-0.4, -0.2) is 24.0 Å². The number of ketones is 1. The number of halogens is 1. The Labute approximate surface area is 489 Å². The van der Waals surface area contributed by atoms with Crippen molar-refractivity contribution < 1.29 is 28.1 Å². The maximum atomic E-state index is 10.0. The van der Waals surface area contributed by atoms with Gasteiger partial charge >= 0.3 is 27.7 Å². The number of rotatable bonds is 15. The maximum absolute atomic E-state index is 10.0. The summed E-state index contributed by atoms with van der Waals surface area (Å²) in [7, 11) is 4.49. The van der Waals surface area contributed by atoms with Crippen molar-refractivity contribution in [3.63, 3.8) is 0 Å². The second kappa shape index (κ2) is 27.7. The molecular formula is C74H67ClN2O2Pd. The Morgan fingerprint density at radius 3 is 0.738 bits per heavy atom. The van der Waals surface area contributed by atoms with Gasteiger partial charge in [-0.05, 0) is 94.5 Å². The Morgan fingerprint density at radius 1 is 0.400 bits per heavy atom. The molecule has 1 aliphatic heterocycles. The molecule has 1 aliphatic rings. The van der Waals surface area contributed by atoms with Gasteiger partial charge < -0.3 is 14.9 Å². The number of allylic oxidation sites excluding steroid dienone is 2. The fraction of sp³-hybridized carbons (Fsp3) is 0.135. The zero-order valence-electron chi connectivity index (χ0n) is 45.7. The molecule has 1 N–H and O–H groups in total. The summed E-state index contributed by atoms with van der Waals surface area (Å²) in [6.45, 7) is 11.5. The molecule has 0 bridgehead atoms. The standard InChI is InChI=1S/C69H59N2.C5H8O2.ClH.Pd/c1-50-45-60(64(52-27-11-3-12-28-52)53-29-13-4-14-30-53)68(61(46-50)65(54-31-15-5-16-32-54)55-33-17-6-18-34-55)70-43-44-71(49-70)69-62(66(56-35-19-7-20-36-56)57-37-21-8-22-38-57)47-51(2)48-63(69)67(58-39-23-9-24-40-58)59-41-25-10-26-42-59;1-4(6)3-5(2)7;;/h3-42,45-49,64-67H,43-44H2,1-2H3;3,6H,1-2H3;1H;/q-1;;;+2/p-1. The summed E-state index contributed by atoms with van der Waals surface area (Å²) >= 11 is 2.22. The Kier molecular flexibility index (Phi) is 19.6. The predicted octanol–water partition coefficient (Wildman–Crippen LogP) is 18.2. The van der Waals surface area contributed by atoms with E-state index < -0.39 is 0 Å². The van der Waals surface area contributed by atoms with Crippen LogP contribution in [0.2, 0.25) is 0 Å². The van der Waals surface area contributed by atoms with Crippen LogP contribution in [0.4, 0.5) is 11.4 Å². The van der Waals surface area contributed by atoms with Crippen molar-refractivity contribution in [2.75, 3.05) is 22.9 Å². The van der Waals surface area contributed by atoms with Crippen LogP contribution in [0.25, 0.3) is 0 Å². The fourth-order valence-electron chi connectivity index (χ4n) is 11.7. The first-order valence-electron chi connectivity index (χ1n) is 27.3. The molecule has 1 saturated heterocycles. The molecule has 80 heavy (non-hydrogen) atoms. The topological polar surface area (TPSA) is 43.8 Å². The number of hydrogen-bond acceptors (Lipinski definition) is 4. The zero-order valence-corrected chi connectivity index (χ0v) is 48.0. The Hall–Kier alpha value is -8.04. The summed E-state index contributed by atoms with van der Waals surface area (Å²) < 4.78 is 0. The fourth-order valence-corrected chi connectivity index (χ4v) is 11.7. The molecule has 0 unspecified atom stereocenters. The number of nitrogens with zero attached hydrogens (tertiary/aromatic N) is 2. The van der Waals surface area contributed by atoms with Crippen LogP contribution < -0.4 is 9.80 Å². The minimum absolute atomic E-state index is 0.0210. The van der Waals surface area contributed by atoms with Crippen LogP contribution in [0.1, 0.15) is 115 Å². The summed E-state index contributed by atoms with van der Waals surface area (Å²) in [5.74, 6) is -0.147. The molecule has 0 saturated carbocycles. The van der Waals surface area contributed by atoms with E-state index in [0.29, 0.717) is 0 Å². The molecule has 10 aromatic carbocycles. The summed E-state index contributed by atoms with van der Waals surface area (Å²) in [5, 5.41) is 8.36. The first-order valence-corrected chi connectivity index (χ1v) is 29.3.